The van der Waals surface area contributed by atoms with Crippen molar-refractivity contribution in [2.24, 2.45) is 0 Å². The molecule has 0 aliphatic heterocycles. The standard InChI is InChI=1S/C16H25N3O2/c1-5-8-19(10-15(20)17-4)11-16(21)18-14-7-6-12(2)9-13(14)3/h6-7,9H,5,8,10-11H2,1-4H3,(H,17,20)(H,18,21). The van der Waals surface area contributed by atoms with Crippen LogP contribution in [0.4, 0.5) is 5.69 Å². The van der Waals surface area contributed by atoms with E-state index >= 15 is 0 Å². The fraction of sp³-hybridized carbons (Fsp3) is 0.500. The molecule has 0 unspecified atom stereocenters. The largest absolute Gasteiger partial charge is 0.358 e. The SMILES string of the molecule is CCCN(CC(=O)NC)CC(=O)Nc1ccc(C)cc1C. The molecule has 1 aromatic rings. The number of likely N-dealkylation sites (N-methyl/N-ethyl adjacent to an activating group) is 1. The molecular formula is C16H25N3O2. The minimum Gasteiger partial charge on any atom is -0.358 e. The summed E-state index contributed by atoms with van der Waals surface area (Å²) < 4.78 is 0. The first-order valence-electron chi connectivity index (χ1n) is 7.26. The zero-order valence-corrected chi connectivity index (χ0v) is 13.3. The summed E-state index contributed by atoms with van der Waals surface area (Å²) in [7, 11) is 1.60. The number of rotatable bonds is 7. The van der Waals surface area contributed by atoms with E-state index in [4.69, 9.17) is 0 Å². The number of hydrogen-bond acceptors (Lipinski definition) is 3. The third kappa shape index (κ3) is 5.95. The van der Waals surface area contributed by atoms with Gasteiger partial charge in [-0.25, -0.2) is 0 Å². The van der Waals surface area contributed by atoms with Gasteiger partial charge in [0.1, 0.15) is 0 Å². The van der Waals surface area contributed by atoms with Gasteiger partial charge in [-0.2, -0.15) is 0 Å². The predicted octanol–water partition coefficient (Wildman–Crippen LogP) is 1.70. The molecule has 0 aliphatic rings. The fourth-order valence-corrected chi connectivity index (χ4v) is 2.16. The highest BCUT2D eigenvalue weighted by Crippen LogP contribution is 2.15. The molecule has 5 heteroatoms. The lowest BCUT2D eigenvalue weighted by molar-refractivity contribution is -0.123. The van der Waals surface area contributed by atoms with E-state index in [1.807, 2.05) is 43.9 Å². The maximum absolute atomic E-state index is 12.1. The Labute approximate surface area is 126 Å². The van der Waals surface area contributed by atoms with Gasteiger partial charge in [-0.1, -0.05) is 24.6 Å². The Morgan fingerprint density at radius 3 is 2.38 bits per heavy atom. The lowest BCUT2D eigenvalue weighted by atomic mass is 10.1. The molecule has 116 valence electrons. The van der Waals surface area contributed by atoms with Gasteiger partial charge in [0.25, 0.3) is 0 Å². The molecule has 21 heavy (non-hydrogen) atoms. The quantitative estimate of drug-likeness (QED) is 0.804. The van der Waals surface area contributed by atoms with Crippen LogP contribution in [0, 0.1) is 13.8 Å². The second kappa shape index (κ2) is 8.42. The molecule has 0 aromatic heterocycles. The van der Waals surface area contributed by atoms with Crippen molar-refractivity contribution in [1.82, 2.24) is 10.2 Å². The van der Waals surface area contributed by atoms with Crippen LogP contribution in [0.5, 0.6) is 0 Å². The summed E-state index contributed by atoms with van der Waals surface area (Å²) >= 11 is 0. The van der Waals surface area contributed by atoms with Gasteiger partial charge >= 0.3 is 0 Å². The molecule has 0 spiro atoms. The molecule has 0 bridgehead atoms. The fourth-order valence-electron chi connectivity index (χ4n) is 2.16. The number of carbonyl (C=O) groups excluding carboxylic acids is 2. The first kappa shape index (κ1) is 17.2. The first-order valence-corrected chi connectivity index (χ1v) is 7.26. The highest BCUT2D eigenvalue weighted by atomic mass is 16.2. The van der Waals surface area contributed by atoms with E-state index in [0.717, 1.165) is 23.2 Å². The van der Waals surface area contributed by atoms with E-state index in [2.05, 4.69) is 10.6 Å². The van der Waals surface area contributed by atoms with Crippen LogP contribution in [0.2, 0.25) is 0 Å². The summed E-state index contributed by atoms with van der Waals surface area (Å²) in [5.41, 5.74) is 3.02. The van der Waals surface area contributed by atoms with Crippen molar-refractivity contribution in [3.05, 3.63) is 29.3 Å². The maximum Gasteiger partial charge on any atom is 0.238 e. The van der Waals surface area contributed by atoms with Crippen molar-refractivity contribution in [2.75, 3.05) is 32.0 Å². The topological polar surface area (TPSA) is 61.4 Å². The molecule has 2 N–H and O–H groups in total. The molecule has 0 saturated heterocycles. The molecule has 0 saturated carbocycles. The van der Waals surface area contributed by atoms with Crippen LogP contribution in [0.25, 0.3) is 0 Å². The maximum atomic E-state index is 12.1. The van der Waals surface area contributed by atoms with Crippen LogP contribution >= 0.6 is 0 Å². The number of benzene rings is 1. The second-order valence-corrected chi connectivity index (χ2v) is 5.25. The summed E-state index contributed by atoms with van der Waals surface area (Å²) in [6.07, 6.45) is 0.897. The molecule has 5 nitrogen and oxygen atoms in total. The van der Waals surface area contributed by atoms with Crippen LogP contribution in [-0.4, -0.2) is 43.4 Å². The van der Waals surface area contributed by atoms with Gasteiger partial charge in [0, 0.05) is 12.7 Å². The van der Waals surface area contributed by atoms with E-state index < -0.39 is 0 Å². The molecule has 1 rings (SSSR count). The molecule has 0 fully saturated rings. The molecule has 1 aromatic carbocycles. The lowest BCUT2D eigenvalue weighted by Gasteiger charge is -2.20. The highest BCUT2D eigenvalue weighted by molar-refractivity contribution is 5.93. The average Bonchev–Trinajstić information content (AvgIpc) is 2.42. The Balaban J connectivity index is 2.62. The smallest absolute Gasteiger partial charge is 0.238 e. The second-order valence-electron chi connectivity index (χ2n) is 5.25. The Bertz CT molecular complexity index is 500. The van der Waals surface area contributed by atoms with Gasteiger partial charge in [-0.15, -0.1) is 0 Å². The van der Waals surface area contributed by atoms with Crippen molar-refractivity contribution in [2.45, 2.75) is 27.2 Å². The predicted molar refractivity (Wildman–Crippen MR) is 85.3 cm³/mol. The summed E-state index contributed by atoms with van der Waals surface area (Å²) in [6, 6.07) is 5.91. The molecule has 0 atom stereocenters. The van der Waals surface area contributed by atoms with Crippen LogP contribution in [0.1, 0.15) is 24.5 Å². The Kier molecular flexibility index (Phi) is 6.88. The number of aryl methyl sites for hydroxylation is 2. The van der Waals surface area contributed by atoms with Gasteiger partial charge < -0.3 is 10.6 Å². The van der Waals surface area contributed by atoms with Crippen LogP contribution < -0.4 is 10.6 Å². The minimum absolute atomic E-state index is 0.0808. The van der Waals surface area contributed by atoms with E-state index in [1.165, 1.54) is 0 Å². The van der Waals surface area contributed by atoms with E-state index in [-0.39, 0.29) is 24.9 Å². The summed E-state index contributed by atoms with van der Waals surface area (Å²) in [5.74, 6) is -0.179. The van der Waals surface area contributed by atoms with Crippen molar-refractivity contribution >= 4 is 17.5 Å². The number of hydrogen-bond donors (Lipinski definition) is 2. The molecule has 2 amide bonds. The normalized spacial score (nSPS) is 10.5. The van der Waals surface area contributed by atoms with Gasteiger partial charge in [0.15, 0.2) is 0 Å². The van der Waals surface area contributed by atoms with Crippen molar-refractivity contribution in [1.29, 1.82) is 0 Å². The van der Waals surface area contributed by atoms with Crippen molar-refractivity contribution < 1.29 is 9.59 Å². The van der Waals surface area contributed by atoms with Gasteiger partial charge in [-0.3, -0.25) is 14.5 Å². The molecule has 0 radical (unpaired) electrons. The third-order valence-corrected chi connectivity index (χ3v) is 3.21. The number of anilines is 1. The van der Waals surface area contributed by atoms with E-state index in [1.54, 1.807) is 7.05 Å². The highest BCUT2D eigenvalue weighted by Gasteiger charge is 2.13. The van der Waals surface area contributed by atoms with Gasteiger partial charge in [0.05, 0.1) is 13.1 Å². The number of nitrogens with zero attached hydrogens (tertiary/aromatic N) is 1. The number of carbonyl (C=O) groups is 2. The summed E-state index contributed by atoms with van der Waals surface area (Å²) in [4.78, 5) is 25.4. The monoisotopic (exact) mass is 291 g/mol. The van der Waals surface area contributed by atoms with Crippen molar-refractivity contribution in [3.63, 3.8) is 0 Å². The third-order valence-electron chi connectivity index (χ3n) is 3.21. The number of nitrogens with one attached hydrogen (secondary N) is 2. The average molecular weight is 291 g/mol. The number of amides is 2. The summed E-state index contributed by atoms with van der Waals surface area (Å²) in [5, 5.41) is 5.49. The molecular weight excluding hydrogens is 266 g/mol. The van der Waals surface area contributed by atoms with E-state index in [0.29, 0.717) is 6.54 Å². The van der Waals surface area contributed by atoms with Crippen LogP contribution in [0.15, 0.2) is 18.2 Å². The molecule has 0 aliphatic carbocycles. The minimum atomic E-state index is -0.0979. The van der Waals surface area contributed by atoms with Gasteiger partial charge in [0.2, 0.25) is 11.8 Å². The van der Waals surface area contributed by atoms with Crippen LogP contribution in [0.3, 0.4) is 0 Å². The Morgan fingerprint density at radius 2 is 1.81 bits per heavy atom. The lowest BCUT2D eigenvalue weighted by Crippen LogP contribution is -2.40. The molecule has 0 heterocycles. The summed E-state index contributed by atoms with van der Waals surface area (Å²) in [6.45, 7) is 7.19. The Hall–Kier alpha value is -1.88. The van der Waals surface area contributed by atoms with Crippen molar-refractivity contribution in [3.8, 4) is 0 Å². The van der Waals surface area contributed by atoms with Crippen LogP contribution in [-0.2, 0) is 9.59 Å². The zero-order chi connectivity index (χ0) is 15.8. The first-order chi connectivity index (χ1) is 9.96. The van der Waals surface area contributed by atoms with E-state index in [9.17, 15) is 9.59 Å². The van der Waals surface area contributed by atoms with Gasteiger partial charge in [-0.05, 0) is 38.4 Å². The Morgan fingerprint density at radius 1 is 1.14 bits per heavy atom. The zero-order valence-electron chi connectivity index (χ0n) is 13.3.